The lowest BCUT2D eigenvalue weighted by Gasteiger charge is -2.17. The van der Waals surface area contributed by atoms with Crippen molar-refractivity contribution in [3.05, 3.63) is 53.4 Å². The van der Waals surface area contributed by atoms with E-state index in [4.69, 9.17) is 0 Å². The summed E-state index contributed by atoms with van der Waals surface area (Å²) in [6.07, 6.45) is 2.43. The van der Waals surface area contributed by atoms with Crippen LogP contribution in [0.25, 0.3) is 0 Å². The van der Waals surface area contributed by atoms with Crippen LogP contribution in [0.5, 0.6) is 0 Å². The molecule has 0 fully saturated rings. The van der Waals surface area contributed by atoms with Crippen LogP contribution in [0, 0.1) is 12.7 Å². The van der Waals surface area contributed by atoms with Crippen molar-refractivity contribution < 1.29 is 9.50 Å². The molecule has 0 aliphatic heterocycles. The second-order valence-electron chi connectivity index (χ2n) is 4.73. The van der Waals surface area contributed by atoms with Crippen molar-refractivity contribution in [2.24, 2.45) is 0 Å². The summed E-state index contributed by atoms with van der Waals surface area (Å²) in [6, 6.07) is 4.98. The number of hydrogen-bond acceptors (Lipinski definition) is 2. The number of rotatable bonds is 3. The number of aliphatic hydroxyl groups excluding tert-OH is 1. The van der Waals surface area contributed by atoms with Gasteiger partial charge in [0.05, 0.1) is 18.2 Å². The van der Waals surface area contributed by atoms with Gasteiger partial charge in [-0.05, 0) is 38.0 Å². The number of aromatic nitrogens is 2. The molecule has 4 heteroatoms. The normalized spacial score (nSPS) is 13.0. The van der Waals surface area contributed by atoms with Gasteiger partial charge in [0, 0.05) is 6.04 Å². The lowest BCUT2D eigenvalue weighted by atomic mass is 10.0. The van der Waals surface area contributed by atoms with Gasteiger partial charge < -0.3 is 9.67 Å². The molecule has 0 bridgehead atoms. The summed E-state index contributed by atoms with van der Waals surface area (Å²) in [7, 11) is 0. The highest BCUT2D eigenvalue weighted by molar-refractivity contribution is 5.29. The predicted octanol–water partition coefficient (Wildman–Crippen LogP) is 2.99. The van der Waals surface area contributed by atoms with Crippen LogP contribution in [0.3, 0.4) is 0 Å². The van der Waals surface area contributed by atoms with Crippen LogP contribution in [0.1, 0.15) is 42.8 Å². The molecule has 1 unspecified atom stereocenters. The lowest BCUT2D eigenvalue weighted by molar-refractivity contribution is 0.207. The SMILES string of the molecule is Cc1ccc(C(O)c2cncn2C(C)C)cc1F. The first kappa shape index (κ1) is 12.8. The van der Waals surface area contributed by atoms with E-state index in [0.717, 1.165) is 0 Å². The number of hydrogen-bond donors (Lipinski definition) is 1. The summed E-state index contributed by atoms with van der Waals surface area (Å²) in [6.45, 7) is 5.71. The van der Waals surface area contributed by atoms with E-state index in [1.807, 2.05) is 18.4 Å². The minimum atomic E-state index is -0.856. The Morgan fingerprint density at radius 3 is 2.67 bits per heavy atom. The Kier molecular flexibility index (Phi) is 3.48. The molecular weight excluding hydrogens is 231 g/mol. The van der Waals surface area contributed by atoms with E-state index in [0.29, 0.717) is 16.8 Å². The molecule has 1 N–H and O–H groups in total. The second kappa shape index (κ2) is 4.90. The molecule has 18 heavy (non-hydrogen) atoms. The topological polar surface area (TPSA) is 38.1 Å². The standard InChI is InChI=1S/C14H17FN2O/c1-9(2)17-8-16-7-13(17)14(18)11-5-4-10(3)12(15)6-11/h4-9,14,18H,1-3H3. The molecule has 0 saturated carbocycles. The Morgan fingerprint density at radius 1 is 1.33 bits per heavy atom. The monoisotopic (exact) mass is 248 g/mol. The molecule has 0 aliphatic rings. The van der Waals surface area contributed by atoms with Crippen molar-refractivity contribution in [3.63, 3.8) is 0 Å². The van der Waals surface area contributed by atoms with Crippen LogP contribution in [0.2, 0.25) is 0 Å². The van der Waals surface area contributed by atoms with Crippen molar-refractivity contribution in [1.82, 2.24) is 9.55 Å². The van der Waals surface area contributed by atoms with Crippen LogP contribution in [-0.4, -0.2) is 14.7 Å². The summed E-state index contributed by atoms with van der Waals surface area (Å²) >= 11 is 0. The maximum absolute atomic E-state index is 13.5. The third kappa shape index (κ3) is 2.29. The van der Waals surface area contributed by atoms with E-state index in [1.165, 1.54) is 6.07 Å². The number of aryl methyl sites for hydroxylation is 1. The summed E-state index contributed by atoms with van der Waals surface area (Å²) < 4.78 is 15.4. The Bertz CT molecular complexity index is 548. The number of nitrogens with zero attached hydrogens (tertiary/aromatic N) is 2. The molecule has 1 aromatic carbocycles. The largest absolute Gasteiger partial charge is 0.382 e. The highest BCUT2D eigenvalue weighted by Crippen LogP contribution is 2.25. The molecule has 2 rings (SSSR count). The smallest absolute Gasteiger partial charge is 0.126 e. The first-order valence-corrected chi connectivity index (χ1v) is 5.96. The van der Waals surface area contributed by atoms with Crippen LogP contribution in [-0.2, 0) is 0 Å². The van der Waals surface area contributed by atoms with Gasteiger partial charge in [-0.25, -0.2) is 9.37 Å². The van der Waals surface area contributed by atoms with Crippen molar-refractivity contribution in [1.29, 1.82) is 0 Å². The van der Waals surface area contributed by atoms with Crippen LogP contribution < -0.4 is 0 Å². The molecule has 2 aromatic rings. The van der Waals surface area contributed by atoms with Crippen molar-refractivity contribution in [3.8, 4) is 0 Å². The van der Waals surface area contributed by atoms with Crippen molar-refractivity contribution in [2.45, 2.75) is 32.9 Å². The summed E-state index contributed by atoms with van der Waals surface area (Å²) in [5.41, 5.74) is 1.79. The maximum Gasteiger partial charge on any atom is 0.126 e. The molecule has 1 heterocycles. The zero-order valence-electron chi connectivity index (χ0n) is 10.8. The van der Waals surface area contributed by atoms with E-state index < -0.39 is 6.10 Å². The molecule has 0 spiro atoms. The van der Waals surface area contributed by atoms with E-state index in [2.05, 4.69) is 4.98 Å². The van der Waals surface area contributed by atoms with Gasteiger partial charge in [0.25, 0.3) is 0 Å². The number of aliphatic hydroxyl groups is 1. The fraction of sp³-hybridized carbons (Fsp3) is 0.357. The summed E-state index contributed by atoms with van der Waals surface area (Å²) in [4.78, 5) is 4.04. The number of benzene rings is 1. The molecule has 1 atom stereocenters. The zero-order valence-corrected chi connectivity index (χ0v) is 10.8. The van der Waals surface area contributed by atoms with Crippen molar-refractivity contribution in [2.75, 3.05) is 0 Å². The van der Waals surface area contributed by atoms with Gasteiger partial charge in [0.15, 0.2) is 0 Å². The first-order chi connectivity index (χ1) is 8.50. The molecule has 0 aliphatic carbocycles. The minimum absolute atomic E-state index is 0.201. The van der Waals surface area contributed by atoms with Gasteiger partial charge in [-0.2, -0.15) is 0 Å². The molecule has 1 aromatic heterocycles. The molecule has 0 radical (unpaired) electrons. The Morgan fingerprint density at radius 2 is 2.06 bits per heavy atom. The Balaban J connectivity index is 2.38. The van der Waals surface area contributed by atoms with Gasteiger partial charge in [-0.15, -0.1) is 0 Å². The Labute approximate surface area is 106 Å². The maximum atomic E-state index is 13.5. The molecule has 0 saturated heterocycles. The van der Waals surface area contributed by atoms with Crippen LogP contribution in [0.15, 0.2) is 30.7 Å². The minimum Gasteiger partial charge on any atom is -0.382 e. The molecular formula is C14H17FN2O. The highest BCUT2D eigenvalue weighted by atomic mass is 19.1. The summed E-state index contributed by atoms with van der Waals surface area (Å²) in [5, 5.41) is 10.3. The molecule has 3 nitrogen and oxygen atoms in total. The van der Waals surface area contributed by atoms with Gasteiger partial charge >= 0.3 is 0 Å². The van der Waals surface area contributed by atoms with Crippen LogP contribution >= 0.6 is 0 Å². The van der Waals surface area contributed by atoms with E-state index in [-0.39, 0.29) is 11.9 Å². The van der Waals surface area contributed by atoms with Crippen molar-refractivity contribution >= 4 is 0 Å². The molecule has 0 amide bonds. The average Bonchev–Trinajstić information content (AvgIpc) is 2.81. The second-order valence-corrected chi connectivity index (χ2v) is 4.73. The third-order valence-corrected chi connectivity index (χ3v) is 3.04. The third-order valence-electron chi connectivity index (χ3n) is 3.04. The van der Waals surface area contributed by atoms with Gasteiger partial charge in [0.2, 0.25) is 0 Å². The fourth-order valence-corrected chi connectivity index (χ4v) is 1.91. The van der Waals surface area contributed by atoms with Gasteiger partial charge in [-0.1, -0.05) is 12.1 Å². The lowest BCUT2D eigenvalue weighted by Crippen LogP contribution is -2.10. The van der Waals surface area contributed by atoms with E-state index in [9.17, 15) is 9.50 Å². The predicted molar refractivity (Wildman–Crippen MR) is 67.8 cm³/mol. The van der Waals surface area contributed by atoms with Gasteiger partial charge in [-0.3, -0.25) is 0 Å². The van der Waals surface area contributed by atoms with Gasteiger partial charge in [0.1, 0.15) is 11.9 Å². The zero-order chi connectivity index (χ0) is 13.3. The molecule has 96 valence electrons. The number of halogens is 1. The summed E-state index contributed by atoms with van der Waals surface area (Å²) in [5.74, 6) is -0.304. The Hall–Kier alpha value is -1.68. The fourth-order valence-electron chi connectivity index (χ4n) is 1.91. The quantitative estimate of drug-likeness (QED) is 0.906. The highest BCUT2D eigenvalue weighted by Gasteiger charge is 2.17. The average molecular weight is 248 g/mol. The number of imidazole rings is 1. The van der Waals surface area contributed by atoms with E-state index in [1.54, 1.807) is 31.6 Å². The van der Waals surface area contributed by atoms with E-state index >= 15 is 0 Å². The first-order valence-electron chi connectivity index (χ1n) is 5.96. The van der Waals surface area contributed by atoms with Crippen LogP contribution in [0.4, 0.5) is 4.39 Å².